The van der Waals surface area contributed by atoms with Crippen LogP contribution < -0.4 is 0 Å². The zero-order valence-electron chi connectivity index (χ0n) is 16.4. The van der Waals surface area contributed by atoms with E-state index in [0.717, 1.165) is 4.90 Å². The van der Waals surface area contributed by atoms with Crippen LogP contribution in [-0.4, -0.2) is 97.8 Å². The molecule has 0 unspecified atom stereocenters. The molecular weight excluding hydrogens is 571 g/mol. The lowest BCUT2D eigenvalue weighted by Gasteiger charge is -2.43. The van der Waals surface area contributed by atoms with Gasteiger partial charge in [-0.05, 0) is 7.05 Å². The van der Waals surface area contributed by atoms with Gasteiger partial charge in [0.1, 0.15) is 0 Å². The van der Waals surface area contributed by atoms with Crippen LogP contribution in [0.1, 0.15) is 0 Å². The van der Waals surface area contributed by atoms with Crippen LogP contribution in [0.25, 0.3) is 0 Å². The summed E-state index contributed by atoms with van der Waals surface area (Å²) < 4.78 is 248. The van der Waals surface area contributed by atoms with E-state index in [1.165, 1.54) is 7.05 Å². The molecule has 0 N–H and O–H groups in total. The summed E-state index contributed by atoms with van der Waals surface area (Å²) in [4.78, 5) is 1.16. The van der Waals surface area contributed by atoms with Gasteiger partial charge in [0, 0.05) is 26.2 Å². The molecule has 22 heteroatoms. The summed E-state index contributed by atoms with van der Waals surface area (Å²) in [5.41, 5.74) is 0. The number of sulfonamides is 1. The number of nitrogens with zero attached hydrogens (tertiary/aromatic N) is 2. The molecule has 0 atom stereocenters. The predicted octanol–water partition coefficient (Wildman–Crippen LogP) is 4.53. The van der Waals surface area contributed by atoms with E-state index < -0.39 is 87.5 Å². The number of rotatable bonds is 8. The number of alkyl halides is 17. The van der Waals surface area contributed by atoms with Gasteiger partial charge in [0.2, 0.25) is 0 Å². The SMILES string of the molecule is CN1CCN(S(=O)(=O)C(F)(F)C(F)(F)C(F)(F)C(F)(F)C(F)(F)C(F)(F)C(F)(F)C(F)(F)F)CC1. The molecule has 1 rings (SSSR count). The first-order chi connectivity index (χ1) is 15.0. The van der Waals surface area contributed by atoms with E-state index in [1.54, 1.807) is 0 Å². The van der Waals surface area contributed by atoms with Crippen molar-refractivity contribution in [1.29, 1.82) is 0 Å². The summed E-state index contributed by atoms with van der Waals surface area (Å²) >= 11 is 0. The number of hydrogen-bond acceptors (Lipinski definition) is 3. The summed E-state index contributed by atoms with van der Waals surface area (Å²) in [6.07, 6.45) is -7.86. The van der Waals surface area contributed by atoms with E-state index in [0.29, 0.717) is 0 Å². The first-order valence-electron chi connectivity index (χ1n) is 8.39. The van der Waals surface area contributed by atoms with E-state index in [4.69, 9.17) is 0 Å². The molecule has 0 aromatic carbocycles. The Morgan fingerprint density at radius 1 is 0.486 bits per heavy atom. The van der Waals surface area contributed by atoms with Crippen molar-refractivity contribution < 1.29 is 83.1 Å². The van der Waals surface area contributed by atoms with Gasteiger partial charge < -0.3 is 4.90 Å². The molecular formula is C13H11F17N2O2S. The van der Waals surface area contributed by atoms with Gasteiger partial charge in [0.25, 0.3) is 10.0 Å². The smallest absolute Gasteiger partial charge is 0.304 e. The lowest BCUT2D eigenvalue weighted by Crippen LogP contribution is -2.75. The molecule has 0 amide bonds. The van der Waals surface area contributed by atoms with Crippen LogP contribution in [0.3, 0.4) is 0 Å². The third-order valence-electron chi connectivity index (χ3n) is 4.82. The van der Waals surface area contributed by atoms with Crippen molar-refractivity contribution >= 4 is 10.0 Å². The number of likely N-dealkylation sites (N-methyl/N-ethyl adjacent to an activating group) is 1. The van der Waals surface area contributed by atoms with Crippen LogP contribution in [0, 0.1) is 0 Å². The third-order valence-corrected chi connectivity index (χ3v) is 6.77. The van der Waals surface area contributed by atoms with Crippen molar-refractivity contribution in [3.63, 3.8) is 0 Å². The van der Waals surface area contributed by atoms with Crippen LogP contribution in [0.15, 0.2) is 0 Å². The Bertz CT molecular complexity index is 890. The maximum atomic E-state index is 14.0. The zero-order valence-corrected chi connectivity index (χ0v) is 17.2. The van der Waals surface area contributed by atoms with Crippen molar-refractivity contribution in [2.45, 2.75) is 47.0 Å². The lowest BCUT2D eigenvalue weighted by atomic mass is 9.91. The van der Waals surface area contributed by atoms with Gasteiger partial charge in [-0.1, -0.05) is 0 Å². The lowest BCUT2D eigenvalue weighted by molar-refractivity contribution is -0.458. The molecule has 1 fully saturated rings. The molecule has 1 aliphatic rings. The predicted molar refractivity (Wildman–Crippen MR) is 78.7 cm³/mol. The summed E-state index contributed by atoms with van der Waals surface area (Å²) in [6, 6.07) is 0. The van der Waals surface area contributed by atoms with Gasteiger partial charge in [-0.2, -0.15) is 78.9 Å². The minimum Gasteiger partial charge on any atom is -0.304 e. The highest BCUT2D eigenvalue weighted by Gasteiger charge is 2.96. The minimum atomic E-state index is -8.82. The Morgan fingerprint density at radius 3 is 1.09 bits per heavy atom. The topological polar surface area (TPSA) is 40.6 Å². The van der Waals surface area contributed by atoms with Crippen molar-refractivity contribution in [3.8, 4) is 0 Å². The maximum Gasteiger partial charge on any atom is 0.460 e. The highest BCUT2D eigenvalue weighted by molar-refractivity contribution is 7.90. The Kier molecular flexibility index (Phi) is 7.56. The van der Waals surface area contributed by atoms with E-state index in [2.05, 4.69) is 0 Å². The van der Waals surface area contributed by atoms with Crippen molar-refractivity contribution in [3.05, 3.63) is 0 Å². The second kappa shape index (κ2) is 8.35. The molecule has 35 heavy (non-hydrogen) atoms. The van der Waals surface area contributed by atoms with Crippen LogP contribution in [0.4, 0.5) is 74.6 Å². The number of hydrogen-bond donors (Lipinski definition) is 0. The van der Waals surface area contributed by atoms with E-state index in [9.17, 15) is 83.1 Å². The third kappa shape index (κ3) is 4.09. The van der Waals surface area contributed by atoms with Gasteiger partial charge in [-0.15, -0.1) is 0 Å². The zero-order chi connectivity index (χ0) is 28.5. The average Bonchev–Trinajstić information content (AvgIpc) is 2.66. The fourth-order valence-electron chi connectivity index (χ4n) is 2.50. The van der Waals surface area contributed by atoms with Gasteiger partial charge in [0.05, 0.1) is 0 Å². The van der Waals surface area contributed by atoms with Gasteiger partial charge in [0.15, 0.2) is 0 Å². The number of halogens is 17. The Labute approximate surface area is 183 Å². The van der Waals surface area contributed by atoms with Gasteiger partial charge in [-0.3, -0.25) is 0 Å². The van der Waals surface area contributed by atoms with E-state index >= 15 is 0 Å². The molecule has 0 spiro atoms. The van der Waals surface area contributed by atoms with Gasteiger partial charge in [-0.25, -0.2) is 8.42 Å². The molecule has 0 radical (unpaired) electrons. The molecule has 0 aromatic heterocycles. The summed E-state index contributed by atoms with van der Waals surface area (Å²) in [5, 5.41) is -7.49. The molecule has 210 valence electrons. The molecule has 0 saturated carbocycles. The van der Waals surface area contributed by atoms with Crippen LogP contribution in [0.5, 0.6) is 0 Å². The molecule has 0 aromatic rings. The second-order valence-electron chi connectivity index (χ2n) is 7.17. The highest BCUT2D eigenvalue weighted by Crippen LogP contribution is 2.64. The fourth-order valence-corrected chi connectivity index (χ4v) is 3.92. The molecule has 1 aliphatic heterocycles. The van der Waals surface area contributed by atoms with Crippen LogP contribution in [0.2, 0.25) is 0 Å². The quantitative estimate of drug-likeness (QED) is 0.396. The first kappa shape index (κ1) is 31.7. The second-order valence-corrected chi connectivity index (χ2v) is 9.15. The largest absolute Gasteiger partial charge is 0.460 e. The van der Waals surface area contributed by atoms with E-state index in [-0.39, 0.29) is 0 Å². The minimum absolute atomic E-state index is 0.537. The monoisotopic (exact) mass is 582 g/mol. The van der Waals surface area contributed by atoms with Crippen molar-refractivity contribution in [2.75, 3.05) is 33.2 Å². The van der Waals surface area contributed by atoms with Crippen LogP contribution in [-0.2, 0) is 10.0 Å². The Balaban J connectivity index is 3.66. The normalized spacial score (nSPS) is 19.8. The Hall–Kier alpha value is -1.32. The molecule has 0 bridgehead atoms. The summed E-state index contributed by atoms with van der Waals surface area (Å²) in [5.74, 6) is -51.5. The summed E-state index contributed by atoms with van der Waals surface area (Å²) in [6.45, 7) is -3.41. The fraction of sp³-hybridized carbons (Fsp3) is 1.00. The average molecular weight is 582 g/mol. The highest BCUT2D eigenvalue weighted by atomic mass is 32.2. The molecule has 1 heterocycles. The van der Waals surface area contributed by atoms with Crippen molar-refractivity contribution in [2.24, 2.45) is 0 Å². The standard InChI is InChI=1S/C13H11F17N2O2S/c1-31-2-4-32(5-3-31)35(33,34)13(29,30)11(24,25)9(20,21)7(16,17)6(14,15)8(18,19)10(22,23)12(26,27)28/h2-5H2,1H3. The van der Waals surface area contributed by atoms with Gasteiger partial charge >= 0.3 is 47.0 Å². The Morgan fingerprint density at radius 2 is 0.771 bits per heavy atom. The summed E-state index contributed by atoms with van der Waals surface area (Å²) in [7, 11) is -5.96. The molecule has 1 saturated heterocycles. The van der Waals surface area contributed by atoms with Crippen LogP contribution >= 0.6 is 0 Å². The maximum absolute atomic E-state index is 14.0. The first-order valence-corrected chi connectivity index (χ1v) is 9.83. The van der Waals surface area contributed by atoms with E-state index in [1.807, 2.05) is 0 Å². The molecule has 0 aliphatic carbocycles. The van der Waals surface area contributed by atoms with Crippen molar-refractivity contribution in [1.82, 2.24) is 9.21 Å². The number of piperazine rings is 1. The molecule has 4 nitrogen and oxygen atoms in total.